The fraction of sp³-hybridized carbons (Fsp3) is 0. The third kappa shape index (κ3) is 1.77. The Morgan fingerprint density at radius 3 is 2.94 bits per heavy atom. The largest absolute Gasteiger partial charge is 0.288 e. The Balaban J connectivity index is 2.04. The molecule has 1 atom stereocenters. The van der Waals surface area contributed by atoms with Crippen molar-refractivity contribution >= 4 is 39.2 Å². The molecule has 0 saturated carbocycles. The number of aliphatic imine (C=N–C) groups is 1. The van der Waals surface area contributed by atoms with Crippen LogP contribution in [0.4, 0.5) is 5.69 Å². The zero-order valence-corrected chi connectivity index (χ0v) is 10.3. The second-order valence-electron chi connectivity index (χ2n) is 3.52. The van der Waals surface area contributed by atoms with Gasteiger partial charge in [-0.25, -0.2) is 9.20 Å². The summed E-state index contributed by atoms with van der Waals surface area (Å²) >= 11 is 1.40. The van der Waals surface area contributed by atoms with Gasteiger partial charge in [-0.05, 0) is 29.6 Å². The van der Waals surface area contributed by atoms with E-state index in [0.29, 0.717) is 21.0 Å². The summed E-state index contributed by atoms with van der Waals surface area (Å²) in [5.41, 5.74) is 2.64. The van der Waals surface area contributed by atoms with E-state index in [-0.39, 0.29) is 5.78 Å². The van der Waals surface area contributed by atoms with Gasteiger partial charge >= 0.3 is 0 Å². The highest BCUT2D eigenvalue weighted by molar-refractivity contribution is 7.99. The summed E-state index contributed by atoms with van der Waals surface area (Å²) in [5, 5.41) is 1.86. The van der Waals surface area contributed by atoms with Crippen molar-refractivity contribution < 1.29 is 9.00 Å². The summed E-state index contributed by atoms with van der Waals surface area (Å²) in [6.07, 6.45) is 0. The minimum atomic E-state index is -1.21. The quantitative estimate of drug-likeness (QED) is 0.780. The highest BCUT2D eigenvalue weighted by atomic mass is 32.2. The smallest absolute Gasteiger partial charge is 0.202 e. The average molecular weight is 261 g/mol. The van der Waals surface area contributed by atoms with Crippen LogP contribution in [0.5, 0.6) is 0 Å². The van der Waals surface area contributed by atoms with Crippen molar-refractivity contribution in [3.63, 3.8) is 0 Å². The van der Waals surface area contributed by atoms with Gasteiger partial charge in [0.15, 0.2) is 0 Å². The maximum absolute atomic E-state index is 12.1. The van der Waals surface area contributed by atoms with Crippen LogP contribution in [0.3, 0.4) is 0 Å². The minimum absolute atomic E-state index is 0.0355. The number of hydrogen-bond acceptors (Lipinski definition) is 4. The number of carbonyl (C=O) groups is 1. The number of benzene rings is 1. The summed E-state index contributed by atoms with van der Waals surface area (Å²) in [6, 6.07) is 8.75. The molecule has 0 amide bonds. The Morgan fingerprint density at radius 2 is 2.18 bits per heavy atom. The highest BCUT2D eigenvalue weighted by Gasteiger charge is 2.17. The molecule has 0 bridgehead atoms. The van der Waals surface area contributed by atoms with E-state index >= 15 is 0 Å². The molecule has 0 radical (unpaired) electrons. The molecule has 1 aliphatic rings. The van der Waals surface area contributed by atoms with Gasteiger partial charge in [-0.2, -0.15) is 0 Å². The molecule has 2 heterocycles. The van der Waals surface area contributed by atoms with Crippen molar-refractivity contribution in [1.82, 2.24) is 0 Å². The molecule has 17 heavy (non-hydrogen) atoms. The van der Waals surface area contributed by atoms with E-state index in [1.54, 1.807) is 24.3 Å². The first-order valence-electron chi connectivity index (χ1n) is 4.93. The zero-order valence-electron chi connectivity index (χ0n) is 8.62. The molecule has 3 nitrogen and oxygen atoms in total. The monoisotopic (exact) mass is 261 g/mol. The molecule has 1 aromatic heterocycles. The lowest BCUT2D eigenvalue weighted by Crippen LogP contribution is -1.99. The first kappa shape index (κ1) is 10.6. The third-order valence-electron chi connectivity index (χ3n) is 2.47. The summed E-state index contributed by atoms with van der Waals surface area (Å²) in [4.78, 5) is 17.4. The van der Waals surface area contributed by atoms with Gasteiger partial charge in [0.25, 0.3) is 0 Å². The van der Waals surface area contributed by atoms with E-state index < -0.39 is 10.8 Å². The van der Waals surface area contributed by atoms with E-state index in [1.165, 1.54) is 16.9 Å². The van der Waals surface area contributed by atoms with Crippen LogP contribution in [0.2, 0.25) is 0 Å². The first-order chi connectivity index (χ1) is 8.25. The number of thiophene rings is 1. The number of hydrogen-bond donors (Lipinski definition) is 0. The summed E-state index contributed by atoms with van der Waals surface area (Å²) in [6.45, 7) is 0. The van der Waals surface area contributed by atoms with Crippen LogP contribution < -0.4 is 0 Å². The lowest BCUT2D eigenvalue weighted by Gasteiger charge is -2.01. The van der Waals surface area contributed by atoms with Gasteiger partial charge < -0.3 is 0 Å². The fourth-order valence-electron chi connectivity index (χ4n) is 1.63. The minimum Gasteiger partial charge on any atom is -0.288 e. The highest BCUT2D eigenvalue weighted by Crippen LogP contribution is 2.29. The number of nitrogens with zero attached hydrogens (tertiary/aromatic N) is 1. The Bertz CT molecular complexity index is 645. The second kappa shape index (κ2) is 4.01. The standard InChI is InChI=1S/C12H7NO2S2/c14-12(10-2-1-5-16-10)8-3-4-9-11(6-8)17(15)7-13-9/h1-7H. The van der Waals surface area contributed by atoms with E-state index in [9.17, 15) is 9.00 Å². The SMILES string of the molecule is O=C(c1ccc2c(c1)S(=O)C=N2)c1cccs1. The average Bonchev–Trinajstić information content (AvgIpc) is 2.98. The Hall–Kier alpha value is -1.59. The molecule has 0 aliphatic carbocycles. The third-order valence-corrected chi connectivity index (χ3v) is 4.40. The maximum atomic E-state index is 12.1. The van der Waals surface area contributed by atoms with Crippen molar-refractivity contribution in [3.05, 3.63) is 46.2 Å². The number of carbonyl (C=O) groups excluding carboxylic acids is 1. The van der Waals surface area contributed by atoms with Crippen molar-refractivity contribution in [2.75, 3.05) is 0 Å². The summed E-state index contributed by atoms with van der Waals surface area (Å²) < 4.78 is 11.6. The van der Waals surface area contributed by atoms with Gasteiger partial charge in [-0.3, -0.25) is 4.79 Å². The summed E-state index contributed by atoms with van der Waals surface area (Å²) in [7, 11) is -1.21. The number of rotatable bonds is 2. The van der Waals surface area contributed by atoms with Crippen LogP contribution in [0.1, 0.15) is 15.2 Å². The van der Waals surface area contributed by atoms with Crippen molar-refractivity contribution in [2.24, 2.45) is 4.99 Å². The molecule has 1 unspecified atom stereocenters. The van der Waals surface area contributed by atoms with Crippen molar-refractivity contribution in [3.8, 4) is 0 Å². The fourth-order valence-corrected chi connectivity index (χ4v) is 3.21. The van der Waals surface area contributed by atoms with Gasteiger partial charge in [-0.1, -0.05) is 6.07 Å². The maximum Gasteiger partial charge on any atom is 0.202 e. The van der Waals surface area contributed by atoms with Gasteiger partial charge in [0.2, 0.25) is 5.78 Å². The molecule has 1 aromatic carbocycles. The first-order valence-corrected chi connectivity index (χ1v) is 7.02. The van der Waals surface area contributed by atoms with Crippen LogP contribution in [-0.2, 0) is 10.8 Å². The van der Waals surface area contributed by atoms with Gasteiger partial charge in [0.05, 0.1) is 31.8 Å². The molecule has 0 saturated heterocycles. The molecule has 5 heteroatoms. The van der Waals surface area contributed by atoms with E-state index in [4.69, 9.17) is 0 Å². The molecule has 0 spiro atoms. The predicted octanol–water partition coefficient (Wildman–Crippen LogP) is 2.76. The van der Waals surface area contributed by atoms with Crippen molar-refractivity contribution in [2.45, 2.75) is 4.90 Å². The molecule has 2 aromatic rings. The molecule has 1 aliphatic heterocycles. The molecule has 84 valence electrons. The van der Waals surface area contributed by atoms with E-state index in [1.807, 2.05) is 11.4 Å². The summed E-state index contributed by atoms with van der Waals surface area (Å²) in [5.74, 6) is -0.0355. The van der Waals surface area contributed by atoms with Crippen LogP contribution in [0.15, 0.2) is 45.6 Å². The molecule has 0 N–H and O–H groups in total. The van der Waals surface area contributed by atoms with Gasteiger partial charge in [0, 0.05) is 5.56 Å². The van der Waals surface area contributed by atoms with E-state index in [0.717, 1.165) is 0 Å². The number of ketones is 1. The number of fused-ring (bicyclic) bond motifs is 1. The molecular formula is C12H7NO2S2. The lowest BCUT2D eigenvalue weighted by atomic mass is 10.1. The normalized spacial score (nSPS) is 17.1. The second-order valence-corrected chi connectivity index (χ2v) is 5.71. The predicted molar refractivity (Wildman–Crippen MR) is 68.8 cm³/mol. The Kier molecular flexibility index (Phi) is 2.49. The molecular weight excluding hydrogens is 254 g/mol. The van der Waals surface area contributed by atoms with Crippen LogP contribution in [0.25, 0.3) is 0 Å². The molecule has 3 rings (SSSR count). The van der Waals surface area contributed by atoms with Gasteiger partial charge in [0.1, 0.15) is 0 Å². The van der Waals surface area contributed by atoms with Crippen LogP contribution >= 0.6 is 11.3 Å². The van der Waals surface area contributed by atoms with Gasteiger partial charge in [-0.15, -0.1) is 11.3 Å². The van der Waals surface area contributed by atoms with Crippen LogP contribution in [-0.4, -0.2) is 15.5 Å². The van der Waals surface area contributed by atoms with Crippen molar-refractivity contribution in [1.29, 1.82) is 0 Å². The zero-order chi connectivity index (χ0) is 11.8. The van der Waals surface area contributed by atoms with Crippen LogP contribution in [0, 0.1) is 0 Å². The molecule has 0 fully saturated rings. The Morgan fingerprint density at radius 1 is 1.29 bits per heavy atom. The van der Waals surface area contributed by atoms with E-state index in [2.05, 4.69) is 4.99 Å². The Labute approximate surface area is 104 Å². The lowest BCUT2D eigenvalue weighted by molar-refractivity contribution is 0.104. The topological polar surface area (TPSA) is 46.5 Å².